The van der Waals surface area contributed by atoms with Crippen LogP contribution in [0, 0.1) is 0 Å². The molecule has 0 spiro atoms. The zero-order valence-corrected chi connectivity index (χ0v) is 11.9. The van der Waals surface area contributed by atoms with Crippen LogP contribution in [-0.4, -0.2) is 41.2 Å². The molecule has 1 saturated carbocycles. The van der Waals surface area contributed by atoms with E-state index in [9.17, 15) is 4.79 Å². The minimum atomic E-state index is -0.0511. The Morgan fingerprint density at radius 1 is 1.58 bits per heavy atom. The normalized spacial score (nSPS) is 15.4. The topological polar surface area (TPSA) is 50.2 Å². The average molecular weight is 262 g/mol. The maximum atomic E-state index is 11.7. The van der Waals surface area contributed by atoms with E-state index in [-0.39, 0.29) is 5.91 Å². The maximum absolute atomic E-state index is 11.7. The molecule has 2 rings (SSSR count). The summed E-state index contributed by atoms with van der Waals surface area (Å²) in [4.78, 5) is 13.7. The number of hydrogen-bond acceptors (Lipinski definition) is 3. The highest BCUT2D eigenvalue weighted by atomic mass is 16.1. The number of aryl methyl sites for hydroxylation is 1. The molecule has 1 fully saturated rings. The van der Waals surface area contributed by atoms with Crippen LogP contribution in [-0.2, 0) is 18.4 Å². The molecule has 0 aliphatic heterocycles. The minimum Gasteiger partial charge on any atom is -0.347 e. The first-order chi connectivity index (χ1) is 9.08. The van der Waals surface area contributed by atoms with Crippen LogP contribution >= 0.6 is 0 Å². The van der Waals surface area contributed by atoms with Gasteiger partial charge in [-0.15, -0.1) is 0 Å². The van der Waals surface area contributed by atoms with Crippen LogP contribution in [0.25, 0.3) is 0 Å². The predicted octanol–water partition coefficient (Wildman–Crippen LogP) is 1.03. The van der Waals surface area contributed by atoms with Crippen LogP contribution in [0.15, 0.2) is 18.3 Å². The zero-order chi connectivity index (χ0) is 13.8. The van der Waals surface area contributed by atoms with Gasteiger partial charge >= 0.3 is 0 Å². The highest BCUT2D eigenvalue weighted by molar-refractivity contribution is 5.87. The number of nitrogens with one attached hydrogen (secondary N) is 1. The number of likely N-dealkylation sites (N-methyl/N-ethyl adjacent to an activating group) is 1. The van der Waals surface area contributed by atoms with E-state index in [1.807, 2.05) is 43.0 Å². The van der Waals surface area contributed by atoms with Gasteiger partial charge in [0.1, 0.15) is 0 Å². The van der Waals surface area contributed by atoms with Gasteiger partial charge in [-0.05, 0) is 38.4 Å². The molecule has 0 atom stereocenters. The third-order valence-electron chi connectivity index (χ3n) is 3.28. The summed E-state index contributed by atoms with van der Waals surface area (Å²) in [5.74, 6) is 0.606. The van der Waals surface area contributed by atoms with Gasteiger partial charge in [0.15, 0.2) is 0 Å². The molecule has 1 aromatic heterocycles. The van der Waals surface area contributed by atoms with Crippen LogP contribution in [0.5, 0.6) is 0 Å². The Hall–Kier alpha value is -1.62. The first-order valence-electron chi connectivity index (χ1n) is 6.68. The molecule has 5 heteroatoms. The second-order valence-corrected chi connectivity index (χ2v) is 5.33. The van der Waals surface area contributed by atoms with Crippen LogP contribution in [0.2, 0.25) is 0 Å². The molecule has 1 aliphatic carbocycles. The Bertz CT molecular complexity index is 472. The monoisotopic (exact) mass is 262 g/mol. The van der Waals surface area contributed by atoms with E-state index >= 15 is 0 Å². The van der Waals surface area contributed by atoms with Crippen LogP contribution < -0.4 is 5.32 Å². The lowest BCUT2D eigenvalue weighted by Gasteiger charge is -2.07. The lowest BCUT2D eigenvalue weighted by molar-refractivity contribution is -0.116. The standard InChI is InChI=1S/C14H22N4O/c1-17(2)8-4-5-14(19)15-10-13-12(11-6-7-11)9-16-18(13)3/h4-5,9,11H,6-8,10H2,1-3H3,(H,15,19)/b5-4+. The van der Waals surface area contributed by atoms with Crippen molar-refractivity contribution in [2.45, 2.75) is 25.3 Å². The molecule has 0 bridgehead atoms. The van der Waals surface area contributed by atoms with Crippen LogP contribution in [0.3, 0.4) is 0 Å². The fraction of sp³-hybridized carbons (Fsp3) is 0.571. The Morgan fingerprint density at radius 3 is 2.95 bits per heavy atom. The highest BCUT2D eigenvalue weighted by Crippen LogP contribution is 2.41. The number of carbonyl (C=O) groups is 1. The Balaban J connectivity index is 1.86. The van der Waals surface area contributed by atoms with E-state index in [0.29, 0.717) is 12.5 Å². The smallest absolute Gasteiger partial charge is 0.244 e. The van der Waals surface area contributed by atoms with Gasteiger partial charge < -0.3 is 10.2 Å². The second-order valence-electron chi connectivity index (χ2n) is 5.33. The Kier molecular flexibility index (Phi) is 4.37. The van der Waals surface area contributed by atoms with Crippen LogP contribution in [0.1, 0.15) is 30.0 Å². The summed E-state index contributed by atoms with van der Waals surface area (Å²) >= 11 is 0. The lowest BCUT2D eigenvalue weighted by Crippen LogP contribution is -2.23. The molecule has 1 aliphatic rings. The summed E-state index contributed by atoms with van der Waals surface area (Å²) in [5, 5.41) is 7.20. The van der Waals surface area contributed by atoms with Crippen molar-refractivity contribution in [2.75, 3.05) is 20.6 Å². The quantitative estimate of drug-likeness (QED) is 0.779. The number of rotatable bonds is 6. The number of hydrogen-bond donors (Lipinski definition) is 1. The number of amides is 1. The van der Waals surface area contributed by atoms with Crippen molar-refractivity contribution in [3.05, 3.63) is 29.6 Å². The molecule has 0 unspecified atom stereocenters. The first kappa shape index (κ1) is 13.8. The van der Waals surface area contributed by atoms with E-state index in [2.05, 4.69) is 10.4 Å². The van der Waals surface area contributed by atoms with Crippen molar-refractivity contribution < 1.29 is 4.79 Å². The van der Waals surface area contributed by atoms with Gasteiger partial charge in [-0.25, -0.2) is 0 Å². The number of nitrogens with zero attached hydrogens (tertiary/aromatic N) is 3. The number of carbonyl (C=O) groups excluding carboxylic acids is 1. The van der Waals surface area contributed by atoms with E-state index < -0.39 is 0 Å². The molecule has 1 amide bonds. The molecule has 0 aromatic carbocycles. The molecule has 1 heterocycles. The van der Waals surface area contributed by atoms with Crippen LogP contribution in [0.4, 0.5) is 0 Å². The highest BCUT2D eigenvalue weighted by Gasteiger charge is 2.28. The van der Waals surface area contributed by atoms with E-state index in [0.717, 1.165) is 12.2 Å². The lowest BCUT2D eigenvalue weighted by atomic mass is 10.1. The van der Waals surface area contributed by atoms with Crippen molar-refractivity contribution >= 4 is 5.91 Å². The van der Waals surface area contributed by atoms with Crippen molar-refractivity contribution in [3.8, 4) is 0 Å². The molecule has 1 aromatic rings. The van der Waals surface area contributed by atoms with Gasteiger partial charge in [-0.1, -0.05) is 6.08 Å². The van der Waals surface area contributed by atoms with Gasteiger partial charge in [0.2, 0.25) is 5.91 Å². The third-order valence-corrected chi connectivity index (χ3v) is 3.28. The fourth-order valence-electron chi connectivity index (χ4n) is 2.03. The summed E-state index contributed by atoms with van der Waals surface area (Å²) in [5.41, 5.74) is 2.41. The molecule has 0 saturated heterocycles. The molecule has 0 radical (unpaired) electrons. The first-order valence-corrected chi connectivity index (χ1v) is 6.68. The van der Waals surface area contributed by atoms with E-state index in [1.165, 1.54) is 18.4 Å². The minimum absolute atomic E-state index is 0.0511. The van der Waals surface area contributed by atoms with Crippen molar-refractivity contribution in [1.29, 1.82) is 0 Å². The van der Waals surface area contributed by atoms with Gasteiger partial charge in [0.05, 0.1) is 18.4 Å². The van der Waals surface area contributed by atoms with Crippen molar-refractivity contribution in [3.63, 3.8) is 0 Å². The van der Waals surface area contributed by atoms with E-state index in [4.69, 9.17) is 0 Å². The fourth-order valence-corrected chi connectivity index (χ4v) is 2.03. The number of aromatic nitrogens is 2. The Labute approximate surface area is 114 Å². The van der Waals surface area contributed by atoms with Gasteiger partial charge in [-0.3, -0.25) is 9.48 Å². The molecule has 19 heavy (non-hydrogen) atoms. The SMILES string of the molecule is CN(C)C/C=C/C(=O)NCc1c(C2CC2)cnn1C. The average Bonchev–Trinajstić information content (AvgIpc) is 3.11. The van der Waals surface area contributed by atoms with E-state index in [1.54, 1.807) is 6.08 Å². The second kappa shape index (κ2) is 6.02. The Morgan fingerprint density at radius 2 is 2.32 bits per heavy atom. The third kappa shape index (κ3) is 3.92. The summed E-state index contributed by atoms with van der Waals surface area (Å²) in [7, 11) is 5.87. The summed E-state index contributed by atoms with van der Waals surface area (Å²) in [6.45, 7) is 1.32. The molecular weight excluding hydrogens is 240 g/mol. The van der Waals surface area contributed by atoms with Crippen molar-refractivity contribution in [1.82, 2.24) is 20.0 Å². The van der Waals surface area contributed by atoms with Gasteiger partial charge in [0.25, 0.3) is 0 Å². The summed E-state index contributed by atoms with van der Waals surface area (Å²) in [6.07, 6.45) is 7.87. The van der Waals surface area contributed by atoms with Gasteiger partial charge in [0, 0.05) is 19.7 Å². The summed E-state index contributed by atoms with van der Waals surface area (Å²) in [6, 6.07) is 0. The molecule has 1 N–H and O–H groups in total. The molecular formula is C14H22N4O. The zero-order valence-electron chi connectivity index (χ0n) is 11.9. The largest absolute Gasteiger partial charge is 0.347 e. The predicted molar refractivity (Wildman–Crippen MR) is 74.7 cm³/mol. The molecule has 5 nitrogen and oxygen atoms in total. The van der Waals surface area contributed by atoms with Crippen molar-refractivity contribution in [2.24, 2.45) is 7.05 Å². The maximum Gasteiger partial charge on any atom is 0.244 e. The molecule has 104 valence electrons. The van der Waals surface area contributed by atoms with Gasteiger partial charge in [-0.2, -0.15) is 5.10 Å². The summed E-state index contributed by atoms with van der Waals surface area (Å²) < 4.78 is 1.86.